The van der Waals surface area contributed by atoms with Crippen LogP contribution in [0, 0.1) is 39.9 Å². The predicted molar refractivity (Wildman–Crippen MR) is 184 cm³/mol. The number of Topliss-reactive ketones (excluding diaryl/α,β-unsaturated/α-hetero) is 1. The molecule has 0 spiro atoms. The SMILES string of the molecule is COc1ccc(COC[C@H](C)[C@H]2CCC3=C4C(=O)C[C@@H]5C(C)(C)[C@@H]([Si](C)(C)c6ccccc6)CC[C@]5(C)[C@H]4CC[C@@]32C)cc1. The molecule has 0 amide bonds. The van der Waals surface area contributed by atoms with Gasteiger partial charge in [-0.1, -0.05) is 107 Å². The van der Waals surface area contributed by atoms with Crippen LogP contribution in [0.15, 0.2) is 65.7 Å². The second-order valence-corrected chi connectivity index (χ2v) is 21.3. The lowest BCUT2D eigenvalue weighted by Gasteiger charge is -2.63. The molecular formula is C40H56O3Si. The Kier molecular flexibility index (Phi) is 8.36. The van der Waals surface area contributed by atoms with E-state index in [-0.39, 0.29) is 16.2 Å². The molecule has 4 aliphatic carbocycles. The molecular weight excluding hydrogens is 557 g/mol. The van der Waals surface area contributed by atoms with Crippen molar-refractivity contribution in [3.05, 3.63) is 71.3 Å². The van der Waals surface area contributed by atoms with Gasteiger partial charge in [0.15, 0.2) is 5.78 Å². The Morgan fingerprint density at radius 1 is 0.932 bits per heavy atom. The molecule has 238 valence electrons. The molecule has 44 heavy (non-hydrogen) atoms. The van der Waals surface area contributed by atoms with Crippen LogP contribution < -0.4 is 9.92 Å². The summed E-state index contributed by atoms with van der Waals surface area (Å²) in [4.78, 5) is 14.4. The van der Waals surface area contributed by atoms with Crippen molar-refractivity contribution in [1.29, 1.82) is 0 Å². The number of ether oxygens (including phenoxy) is 2. The smallest absolute Gasteiger partial charge is 0.159 e. The number of carbonyl (C=O) groups is 1. The fraction of sp³-hybridized carbons (Fsp3) is 0.625. The van der Waals surface area contributed by atoms with Crippen molar-refractivity contribution in [3.63, 3.8) is 0 Å². The molecule has 4 heteroatoms. The first-order valence-corrected chi connectivity index (χ1v) is 20.4. The van der Waals surface area contributed by atoms with Gasteiger partial charge in [-0.25, -0.2) is 0 Å². The topological polar surface area (TPSA) is 35.5 Å². The van der Waals surface area contributed by atoms with Crippen LogP contribution in [0.4, 0.5) is 0 Å². The number of hydrogen-bond donors (Lipinski definition) is 0. The normalized spacial score (nSPS) is 33.8. The van der Waals surface area contributed by atoms with Crippen molar-refractivity contribution in [2.24, 2.45) is 39.9 Å². The molecule has 0 aromatic heterocycles. The van der Waals surface area contributed by atoms with Crippen molar-refractivity contribution in [2.45, 2.75) is 105 Å². The molecule has 2 aromatic carbocycles. The average Bonchev–Trinajstić information content (AvgIpc) is 3.36. The van der Waals surface area contributed by atoms with Gasteiger partial charge in [-0.15, -0.1) is 0 Å². The molecule has 0 aliphatic heterocycles. The minimum atomic E-state index is -1.72. The first kappa shape index (κ1) is 31.8. The summed E-state index contributed by atoms with van der Waals surface area (Å²) in [5, 5.41) is 1.57. The largest absolute Gasteiger partial charge is 0.497 e. The first-order valence-electron chi connectivity index (χ1n) is 17.4. The summed E-state index contributed by atoms with van der Waals surface area (Å²) in [6.07, 6.45) is 7.98. The molecule has 0 N–H and O–H groups in total. The second kappa shape index (κ2) is 11.6. The summed E-state index contributed by atoms with van der Waals surface area (Å²) < 4.78 is 11.6. The van der Waals surface area contributed by atoms with E-state index in [9.17, 15) is 4.79 Å². The highest BCUT2D eigenvalue weighted by Gasteiger charge is 2.63. The van der Waals surface area contributed by atoms with Crippen LogP contribution in [0.5, 0.6) is 5.75 Å². The number of rotatable bonds is 8. The van der Waals surface area contributed by atoms with E-state index in [2.05, 4.69) is 90.2 Å². The minimum absolute atomic E-state index is 0.127. The van der Waals surface area contributed by atoms with Crippen molar-refractivity contribution in [1.82, 2.24) is 0 Å². The van der Waals surface area contributed by atoms with Gasteiger partial charge in [0, 0.05) is 13.0 Å². The standard InChI is InChI=1S/C40H56O3Si/c1-27(25-43-26-28-14-16-29(42-6)17-15-28)31-18-19-32-37-33(20-22-39(31,32)4)40(5)23-21-36(38(2,3)35(40)24-34(37)41)44(7,8)30-12-10-9-11-13-30/h9-17,27,31,33,35-36H,18-26H2,1-8H3/t27-,31+,33-,35+,36-,39+,40+/m0/s1. The zero-order valence-electron chi connectivity index (χ0n) is 28.7. The van der Waals surface area contributed by atoms with Gasteiger partial charge < -0.3 is 9.47 Å². The number of carbonyl (C=O) groups excluding carboxylic acids is 1. The maximum atomic E-state index is 14.4. The van der Waals surface area contributed by atoms with Gasteiger partial charge in [0.1, 0.15) is 5.75 Å². The Morgan fingerprint density at radius 2 is 1.64 bits per heavy atom. The van der Waals surface area contributed by atoms with Gasteiger partial charge >= 0.3 is 0 Å². The van der Waals surface area contributed by atoms with Crippen molar-refractivity contribution < 1.29 is 14.3 Å². The summed E-state index contributed by atoms with van der Waals surface area (Å²) in [5.74, 6) is 3.30. The fourth-order valence-corrected chi connectivity index (χ4v) is 15.9. The Balaban J connectivity index is 1.21. The lowest BCUT2D eigenvalue weighted by molar-refractivity contribution is -0.132. The van der Waals surface area contributed by atoms with Gasteiger partial charge in [0.05, 0.1) is 21.8 Å². The molecule has 7 atom stereocenters. The van der Waals surface area contributed by atoms with Crippen LogP contribution >= 0.6 is 0 Å². The van der Waals surface area contributed by atoms with Crippen LogP contribution in [-0.4, -0.2) is 27.6 Å². The van der Waals surface area contributed by atoms with E-state index < -0.39 is 8.07 Å². The Hall–Kier alpha value is -2.17. The third-order valence-electron chi connectivity index (χ3n) is 13.8. The van der Waals surface area contributed by atoms with E-state index >= 15 is 0 Å². The average molecular weight is 613 g/mol. The third-order valence-corrected chi connectivity index (χ3v) is 18.4. The maximum Gasteiger partial charge on any atom is 0.159 e. The molecule has 0 heterocycles. The zero-order valence-corrected chi connectivity index (χ0v) is 29.7. The van der Waals surface area contributed by atoms with E-state index in [1.54, 1.807) is 17.9 Å². The van der Waals surface area contributed by atoms with Crippen molar-refractivity contribution in [2.75, 3.05) is 13.7 Å². The first-order chi connectivity index (χ1) is 20.8. The molecule has 3 fully saturated rings. The summed E-state index contributed by atoms with van der Waals surface area (Å²) in [6, 6.07) is 19.5. The molecule has 4 aliphatic rings. The number of benzene rings is 2. The van der Waals surface area contributed by atoms with Crippen molar-refractivity contribution >= 4 is 19.0 Å². The Morgan fingerprint density at radius 3 is 2.32 bits per heavy atom. The van der Waals surface area contributed by atoms with Crippen LogP contribution in [0.2, 0.25) is 18.6 Å². The minimum Gasteiger partial charge on any atom is -0.497 e. The predicted octanol–water partition coefficient (Wildman–Crippen LogP) is 9.37. The highest BCUT2D eigenvalue weighted by Crippen LogP contribution is 2.70. The summed E-state index contributed by atoms with van der Waals surface area (Å²) in [7, 11) is -0.0213. The maximum absolute atomic E-state index is 14.4. The molecule has 3 nitrogen and oxygen atoms in total. The zero-order chi connectivity index (χ0) is 31.5. The molecule has 6 rings (SSSR count). The van der Waals surface area contributed by atoms with Gasteiger partial charge in [-0.2, -0.15) is 0 Å². The number of fused-ring (bicyclic) bond motifs is 4. The number of ketones is 1. The lowest BCUT2D eigenvalue weighted by Crippen LogP contribution is -2.61. The van der Waals surface area contributed by atoms with Crippen LogP contribution in [0.25, 0.3) is 0 Å². The van der Waals surface area contributed by atoms with Crippen LogP contribution in [0.3, 0.4) is 0 Å². The molecule has 2 aromatic rings. The van der Waals surface area contributed by atoms with Gasteiger partial charge in [-0.05, 0) is 101 Å². The van der Waals surface area contributed by atoms with E-state index in [0.29, 0.717) is 41.6 Å². The number of methoxy groups -OCH3 is 1. The summed E-state index contributed by atoms with van der Waals surface area (Å²) in [6.45, 7) is 19.1. The Bertz CT molecular complexity index is 1390. The van der Waals surface area contributed by atoms with E-state index in [1.165, 1.54) is 43.2 Å². The summed E-state index contributed by atoms with van der Waals surface area (Å²) >= 11 is 0. The summed E-state index contributed by atoms with van der Waals surface area (Å²) in [5.41, 5.74) is 5.19. The lowest BCUT2D eigenvalue weighted by atomic mass is 9.44. The number of allylic oxidation sites excluding steroid dienone is 2. The Labute approximate surface area is 268 Å². The molecule has 0 saturated heterocycles. The third kappa shape index (κ3) is 5.07. The molecule has 3 saturated carbocycles. The van der Waals surface area contributed by atoms with Gasteiger partial charge in [0.25, 0.3) is 0 Å². The number of hydrogen-bond acceptors (Lipinski definition) is 3. The van der Waals surface area contributed by atoms with Crippen LogP contribution in [-0.2, 0) is 16.1 Å². The monoisotopic (exact) mass is 612 g/mol. The molecule has 0 bridgehead atoms. The van der Waals surface area contributed by atoms with Gasteiger partial charge in [-0.3, -0.25) is 4.79 Å². The second-order valence-electron chi connectivity index (χ2n) is 16.6. The van der Waals surface area contributed by atoms with Crippen molar-refractivity contribution in [3.8, 4) is 5.75 Å². The molecule has 0 unspecified atom stereocenters. The highest BCUT2D eigenvalue weighted by molar-refractivity contribution is 6.91. The van der Waals surface area contributed by atoms with E-state index in [4.69, 9.17) is 9.47 Å². The fourth-order valence-electron chi connectivity index (χ4n) is 11.5. The quantitative estimate of drug-likeness (QED) is 0.279. The van der Waals surface area contributed by atoms with E-state index in [0.717, 1.165) is 25.2 Å². The van der Waals surface area contributed by atoms with Gasteiger partial charge in [0.2, 0.25) is 0 Å². The van der Waals surface area contributed by atoms with Crippen LogP contribution in [0.1, 0.15) is 85.1 Å². The highest BCUT2D eigenvalue weighted by atomic mass is 28.3. The van der Waals surface area contributed by atoms with E-state index in [1.807, 2.05) is 12.1 Å². The molecule has 0 radical (unpaired) electrons.